The molecule has 1 aromatic heterocycles. The van der Waals surface area contributed by atoms with Gasteiger partial charge in [-0.25, -0.2) is 4.79 Å². The molecule has 1 amide bonds. The summed E-state index contributed by atoms with van der Waals surface area (Å²) in [6.07, 6.45) is 4.01. The van der Waals surface area contributed by atoms with Gasteiger partial charge < -0.3 is 34.9 Å². The summed E-state index contributed by atoms with van der Waals surface area (Å²) in [5.74, 6) is -0.850. The number of amides is 1. The van der Waals surface area contributed by atoms with Gasteiger partial charge in [0.1, 0.15) is 0 Å². The van der Waals surface area contributed by atoms with Crippen molar-refractivity contribution in [1.82, 2.24) is 19.8 Å². The molecule has 288 valence electrons. The molecule has 4 N–H and O–H groups in total. The van der Waals surface area contributed by atoms with E-state index in [1.165, 1.54) is 0 Å². The Morgan fingerprint density at radius 1 is 0.800 bits per heavy atom. The molecule has 0 unspecified atom stereocenters. The Labute approximate surface area is 320 Å². The van der Waals surface area contributed by atoms with Gasteiger partial charge in [-0.15, -0.1) is 0 Å². The molecule has 4 aromatic carbocycles. The lowest BCUT2D eigenvalue weighted by Gasteiger charge is -2.40. The molecule has 3 atom stereocenters. The third-order valence-corrected chi connectivity index (χ3v) is 10.8. The van der Waals surface area contributed by atoms with Gasteiger partial charge in [-0.05, 0) is 77.8 Å². The van der Waals surface area contributed by atoms with Gasteiger partial charge in [-0.1, -0.05) is 79.2 Å². The quantitative estimate of drug-likeness (QED) is 0.0837. The van der Waals surface area contributed by atoms with Crippen LogP contribution < -0.4 is 11.0 Å². The topological polar surface area (TPSA) is 146 Å². The van der Waals surface area contributed by atoms with Crippen molar-refractivity contribution in [3.05, 3.63) is 130 Å². The lowest BCUT2D eigenvalue weighted by atomic mass is 9.97. The molecule has 11 nitrogen and oxygen atoms in total. The van der Waals surface area contributed by atoms with Crippen molar-refractivity contribution < 1.29 is 29.3 Å². The van der Waals surface area contributed by atoms with Crippen LogP contribution in [0.25, 0.3) is 22.2 Å². The van der Waals surface area contributed by atoms with Crippen molar-refractivity contribution >= 4 is 22.9 Å². The number of aromatic nitrogens is 2. The summed E-state index contributed by atoms with van der Waals surface area (Å²) in [7, 11) is 0. The highest BCUT2D eigenvalue weighted by Gasteiger charge is 2.34. The first-order valence-electron chi connectivity index (χ1n) is 19.4. The summed E-state index contributed by atoms with van der Waals surface area (Å²) >= 11 is 0. The number of carbonyl (C=O) groups is 2. The monoisotopic (exact) mass is 746 g/mol. The molecular formula is C44H50N4O7. The van der Waals surface area contributed by atoms with E-state index in [-0.39, 0.29) is 42.9 Å². The van der Waals surface area contributed by atoms with Crippen molar-refractivity contribution in [2.45, 2.75) is 89.1 Å². The first-order chi connectivity index (χ1) is 26.8. The number of aliphatic hydroxyl groups excluding tert-OH is 1. The third kappa shape index (κ3) is 9.79. The summed E-state index contributed by atoms with van der Waals surface area (Å²) in [6, 6.07) is 32.3. The van der Waals surface area contributed by atoms with Crippen molar-refractivity contribution in [3.8, 4) is 11.1 Å². The van der Waals surface area contributed by atoms with E-state index in [0.717, 1.165) is 76.9 Å². The smallest absolute Gasteiger partial charge is 0.326 e. The Balaban J connectivity index is 1.02. The maximum absolute atomic E-state index is 12.9. The van der Waals surface area contributed by atoms with Crippen LogP contribution in [-0.4, -0.2) is 62.3 Å². The number of imidazole rings is 1. The highest BCUT2D eigenvalue weighted by Crippen LogP contribution is 2.39. The SMILES string of the molecule is O=C(O)CCCCCC(=O)NCc1cccc(-c2cccc([C@@H]3O[C@H](CN4CCC(n5c(=O)[nH]c6ccccc65)CC4)C[C@H](c4ccc(CO)cc4)O3)c2)c1. The van der Waals surface area contributed by atoms with Crippen LogP contribution in [-0.2, 0) is 32.2 Å². The number of ether oxygens (including phenoxy) is 2. The number of piperidine rings is 1. The molecule has 5 aromatic rings. The lowest BCUT2D eigenvalue weighted by molar-refractivity contribution is -0.253. The second kappa shape index (κ2) is 18.0. The number of benzene rings is 4. The van der Waals surface area contributed by atoms with Gasteiger partial charge in [-0.2, -0.15) is 0 Å². The van der Waals surface area contributed by atoms with Gasteiger partial charge in [-0.3, -0.25) is 14.2 Å². The summed E-state index contributed by atoms with van der Waals surface area (Å²) in [6.45, 7) is 2.85. The molecular weight excluding hydrogens is 697 g/mol. The van der Waals surface area contributed by atoms with Gasteiger partial charge in [0.05, 0.1) is 29.8 Å². The van der Waals surface area contributed by atoms with Crippen LogP contribution in [0.5, 0.6) is 0 Å². The van der Waals surface area contributed by atoms with Crippen molar-refractivity contribution in [2.24, 2.45) is 0 Å². The van der Waals surface area contributed by atoms with E-state index in [0.29, 0.717) is 38.6 Å². The predicted molar refractivity (Wildman–Crippen MR) is 210 cm³/mol. The summed E-state index contributed by atoms with van der Waals surface area (Å²) in [4.78, 5) is 41.5. The van der Waals surface area contributed by atoms with E-state index in [4.69, 9.17) is 14.6 Å². The van der Waals surface area contributed by atoms with Crippen LogP contribution in [0.3, 0.4) is 0 Å². The Bertz CT molecular complexity index is 2120. The molecule has 55 heavy (non-hydrogen) atoms. The summed E-state index contributed by atoms with van der Waals surface area (Å²) in [5, 5.41) is 21.4. The van der Waals surface area contributed by atoms with Gasteiger partial charge >= 0.3 is 11.7 Å². The van der Waals surface area contributed by atoms with Gasteiger partial charge in [0, 0.05) is 57.0 Å². The molecule has 3 heterocycles. The Hall–Kier alpha value is -5.07. The number of hydrogen-bond donors (Lipinski definition) is 4. The van der Waals surface area contributed by atoms with E-state index in [9.17, 15) is 19.5 Å². The van der Waals surface area contributed by atoms with Crippen LogP contribution in [0.1, 0.15) is 92.1 Å². The minimum absolute atomic E-state index is 0.0165. The number of unbranched alkanes of at least 4 members (excludes halogenated alkanes) is 2. The number of likely N-dealkylation sites (tertiary alicyclic amines) is 1. The van der Waals surface area contributed by atoms with Crippen LogP contribution in [0.15, 0.2) is 102 Å². The number of aliphatic hydroxyl groups is 1. The molecule has 2 fully saturated rings. The Morgan fingerprint density at radius 2 is 1.55 bits per heavy atom. The zero-order valence-corrected chi connectivity index (χ0v) is 31.1. The zero-order valence-electron chi connectivity index (χ0n) is 31.1. The number of carboxylic acid groups (broad SMARTS) is 1. The van der Waals surface area contributed by atoms with Gasteiger partial charge in [0.15, 0.2) is 6.29 Å². The number of H-pyrrole nitrogens is 1. The molecule has 2 aliphatic heterocycles. The van der Waals surface area contributed by atoms with Crippen LogP contribution in [0.4, 0.5) is 0 Å². The van der Waals surface area contributed by atoms with E-state index in [1.54, 1.807) is 0 Å². The molecule has 0 radical (unpaired) electrons. The molecule has 0 spiro atoms. The van der Waals surface area contributed by atoms with Gasteiger partial charge in [0.25, 0.3) is 0 Å². The van der Waals surface area contributed by atoms with Crippen molar-refractivity contribution in [2.75, 3.05) is 19.6 Å². The van der Waals surface area contributed by atoms with E-state index in [2.05, 4.69) is 39.5 Å². The number of carboxylic acids is 1. The summed E-state index contributed by atoms with van der Waals surface area (Å²) in [5.41, 5.74) is 7.59. The number of nitrogens with one attached hydrogen (secondary N) is 2. The maximum Gasteiger partial charge on any atom is 0.326 e. The van der Waals surface area contributed by atoms with E-state index in [1.807, 2.05) is 77.4 Å². The molecule has 7 rings (SSSR count). The fourth-order valence-corrected chi connectivity index (χ4v) is 7.87. The average Bonchev–Trinajstić information content (AvgIpc) is 3.55. The number of aromatic amines is 1. The fourth-order valence-electron chi connectivity index (χ4n) is 7.87. The predicted octanol–water partition coefficient (Wildman–Crippen LogP) is 7.02. The highest BCUT2D eigenvalue weighted by molar-refractivity contribution is 5.76. The largest absolute Gasteiger partial charge is 0.481 e. The molecule has 0 saturated carbocycles. The molecule has 2 saturated heterocycles. The summed E-state index contributed by atoms with van der Waals surface area (Å²) < 4.78 is 15.4. The number of para-hydroxylation sites is 2. The number of fused-ring (bicyclic) bond motifs is 1. The molecule has 0 aliphatic carbocycles. The second-order valence-electron chi connectivity index (χ2n) is 14.8. The molecule has 2 aliphatic rings. The van der Waals surface area contributed by atoms with E-state index < -0.39 is 12.3 Å². The standard InChI is InChI=1S/C44H50N4O7/c49-29-30-16-18-32(19-17-30)40-26-37(28-47-22-20-36(21-23-47)48-39-13-5-4-12-38(39)46-44(48)53)54-43(55-40)35-11-7-10-34(25-35)33-9-6-8-31(24-33)27-45-41(50)14-2-1-3-15-42(51)52/h4-13,16-19,24-25,36-37,40,43,49H,1-3,14-15,20-23,26-29H2,(H,45,50)(H,46,53)(H,51,52)/t37-,40+,43+/m0/s1. The van der Waals surface area contributed by atoms with Crippen LogP contribution >= 0.6 is 0 Å². The molecule has 11 heteroatoms. The first kappa shape index (κ1) is 38.2. The number of nitrogens with zero attached hydrogens (tertiary/aromatic N) is 2. The first-order valence-corrected chi connectivity index (χ1v) is 19.4. The van der Waals surface area contributed by atoms with Crippen molar-refractivity contribution in [1.29, 1.82) is 0 Å². The average molecular weight is 747 g/mol. The molecule has 0 bridgehead atoms. The zero-order chi connectivity index (χ0) is 38.1. The Kier molecular flexibility index (Phi) is 12.5. The highest BCUT2D eigenvalue weighted by atomic mass is 16.7. The minimum Gasteiger partial charge on any atom is -0.481 e. The van der Waals surface area contributed by atoms with Crippen LogP contribution in [0.2, 0.25) is 0 Å². The normalized spacial score (nSPS) is 19.4. The lowest BCUT2D eigenvalue weighted by Crippen LogP contribution is -2.43. The minimum atomic E-state index is -0.807. The van der Waals surface area contributed by atoms with Crippen LogP contribution in [0, 0.1) is 0 Å². The Morgan fingerprint density at radius 3 is 2.33 bits per heavy atom. The maximum atomic E-state index is 12.9. The van der Waals surface area contributed by atoms with E-state index >= 15 is 0 Å². The van der Waals surface area contributed by atoms with Crippen molar-refractivity contribution in [3.63, 3.8) is 0 Å². The van der Waals surface area contributed by atoms with Gasteiger partial charge in [0.2, 0.25) is 5.91 Å². The second-order valence-corrected chi connectivity index (χ2v) is 14.8. The number of rotatable bonds is 15. The fraction of sp³-hybridized carbons (Fsp3) is 0.386. The number of carbonyl (C=O) groups excluding carboxylic acids is 1. The third-order valence-electron chi connectivity index (χ3n) is 10.8. The number of aliphatic carboxylic acids is 1. The number of hydrogen-bond acceptors (Lipinski definition) is 7.